The van der Waals surface area contributed by atoms with Gasteiger partial charge in [0, 0.05) is 31.0 Å². The van der Waals surface area contributed by atoms with Crippen LogP contribution in [-0.2, 0) is 17.7 Å². The lowest BCUT2D eigenvalue weighted by molar-refractivity contribution is -0.0110. The Morgan fingerprint density at radius 3 is 2.94 bits per heavy atom. The summed E-state index contributed by atoms with van der Waals surface area (Å²) in [5, 5.41) is 0. The summed E-state index contributed by atoms with van der Waals surface area (Å²) in [4.78, 5) is 21.0. The molecule has 1 fully saturated rings. The van der Waals surface area contributed by atoms with Crippen molar-refractivity contribution in [3.63, 3.8) is 0 Å². The van der Waals surface area contributed by atoms with Crippen LogP contribution < -0.4 is 24.6 Å². The molecule has 9 heteroatoms. The van der Waals surface area contributed by atoms with Gasteiger partial charge in [-0.05, 0) is 61.6 Å². The minimum Gasteiger partial charge on any atom is -0.491 e. The van der Waals surface area contributed by atoms with Crippen LogP contribution in [0.2, 0.25) is 0 Å². The van der Waals surface area contributed by atoms with Crippen LogP contribution in [0.15, 0.2) is 47.4 Å². The quantitative estimate of drug-likeness (QED) is 0.535. The van der Waals surface area contributed by atoms with Gasteiger partial charge in [0.15, 0.2) is 11.9 Å². The number of rotatable bonds is 6. The van der Waals surface area contributed by atoms with Gasteiger partial charge in [-0.2, -0.15) is 4.98 Å². The molecule has 0 radical (unpaired) electrons. The molecule has 3 aliphatic heterocycles. The number of hydrogen-bond donors (Lipinski definition) is 0. The van der Waals surface area contributed by atoms with Crippen molar-refractivity contribution in [3.05, 3.63) is 58.6 Å². The standard InChI is InChI=1S/C26H27N3O6/c30-26-28-24(33-15-20-16-34-25-23(35-20)5-3-9-27-25)13-22-21-7-6-18(12-17(21)8-10-29(22)26)32-14-19-4-1-2-11-31-19/h3,5-7,9,12-13,19-20H,1-2,4,8,10-11,14-16H2. The van der Waals surface area contributed by atoms with Crippen molar-refractivity contribution >= 4 is 0 Å². The zero-order valence-corrected chi connectivity index (χ0v) is 19.4. The van der Waals surface area contributed by atoms with E-state index in [0.717, 1.165) is 48.4 Å². The molecule has 35 heavy (non-hydrogen) atoms. The molecule has 182 valence electrons. The molecule has 6 rings (SSSR count). The first-order valence-electron chi connectivity index (χ1n) is 12.1. The van der Waals surface area contributed by atoms with Gasteiger partial charge in [-0.1, -0.05) is 0 Å². The van der Waals surface area contributed by atoms with Crippen molar-refractivity contribution in [2.75, 3.05) is 26.4 Å². The van der Waals surface area contributed by atoms with Crippen molar-refractivity contribution in [3.8, 4) is 34.5 Å². The van der Waals surface area contributed by atoms with Crippen molar-refractivity contribution in [1.29, 1.82) is 0 Å². The fourth-order valence-corrected chi connectivity index (χ4v) is 4.69. The third kappa shape index (κ3) is 4.68. The van der Waals surface area contributed by atoms with Gasteiger partial charge >= 0.3 is 5.69 Å². The topological polar surface area (TPSA) is 93.9 Å². The average molecular weight is 478 g/mol. The van der Waals surface area contributed by atoms with Crippen molar-refractivity contribution in [2.45, 2.75) is 44.4 Å². The summed E-state index contributed by atoms with van der Waals surface area (Å²) in [7, 11) is 0. The van der Waals surface area contributed by atoms with Crippen LogP contribution >= 0.6 is 0 Å². The lowest BCUT2D eigenvalue weighted by Gasteiger charge is -2.26. The van der Waals surface area contributed by atoms with Gasteiger partial charge in [0.2, 0.25) is 5.88 Å². The summed E-state index contributed by atoms with van der Waals surface area (Å²) in [5.41, 5.74) is 2.59. The Hall–Kier alpha value is -3.59. The molecule has 2 unspecified atom stereocenters. The van der Waals surface area contributed by atoms with Gasteiger partial charge in [0.1, 0.15) is 25.6 Å². The van der Waals surface area contributed by atoms with E-state index in [4.69, 9.17) is 23.7 Å². The maximum atomic E-state index is 12.7. The monoisotopic (exact) mass is 477 g/mol. The Bertz CT molecular complexity index is 1270. The van der Waals surface area contributed by atoms with E-state index in [0.29, 0.717) is 31.4 Å². The van der Waals surface area contributed by atoms with E-state index in [9.17, 15) is 4.79 Å². The molecule has 0 amide bonds. The summed E-state index contributed by atoms with van der Waals surface area (Å²) >= 11 is 0. The van der Waals surface area contributed by atoms with Crippen LogP contribution in [0.3, 0.4) is 0 Å². The number of ether oxygens (including phenoxy) is 5. The lowest BCUT2D eigenvalue weighted by Crippen LogP contribution is -2.35. The number of hydrogen-bond acceptors (Lipinski definition) is 8. The van der Waals surface area contributed by atoms with E-state index in [2.05, 4.69) is 16.0 Å². The SMILES string of the molecule is O=c1nc(OCC2COc3ncccc3O2)cc2n1CCc1cc(OCC3CCCCO3)ccc1-2. The molecule has 3 aromatic rings. The van der Waals surface area contributed by atoms with Crippen molar-refractivity contribution in [2.24, 2.45) is 0 Å². The van der Waals surface area contributed by atoms with Gasteiger partial charge < -0.3 is 23.7 Å². The highest BCUT2D eigenvalue weighted by atomic mass is 16.6. The minimum atomic E-state index is -0.326. The molecule has 2 atom stereocenters. The van der Waals surface area contributed by atoms with E-state index >= 15 is 0 Å². The molecule has 1 saturated heterocycles. The first-order chi connectivity index (χ1) is 17.2. The molecule has 0 aliphatic carbocycles. The zero-order chi connectivity index (χ0) is 23.6. The summed E-state index contributed by atoms with van der Waals surface area (Å²) in [5.74, 6) is 2.14. The predicted molar refractivity (Wildman–Crippen MR) is 126 cm³/mol. The Balaban J connectivity index is 1.16. The third-order valence-corrected chi connectivity index (χ3v) is 6.51. The number of aromatic nitrogens is 3. The Morgan fingerprint density at radius 2 is 2.03 bits per heavy atom. The number of fused-ring (bicyclic) bond motifs is 4. The van der Waals surface area contributed by atoms with Crippen molar-refractivity contribution < 1.29 is 23.7 Å². The van der Waals surface area contributed by atoms with E-state index in [-0.39, 0.29) is 30.4 Å². The Kier molecular flexibility index (Phi) is 5.99. The van der Waals surface area contributed by atoms with Gasteiger partial charge in [-0.15, -0.1) is 0 Å². The maximum Gasteiger partial charge on any atom is 0.351 e. The van der Waals surface area contributed by atoms with Crippen LogP contribution in [0.25, 0.3) is 11.3 Å². The molecular formula is C26H27N3O6. The van der Waals surface area contributed by atoms with Crippen LogP contribution in [0.1, 0.15) is 24.8 Å². The molecule has 0 bridgehead atoms. The second-order valence-corrected chi connectivity index (χ2v) is 8.95. The van der Waals surface area contributed by atoms with E-state index in [1.54, 1.807) is 22.9 Å². The molecule has 1 aromatic carbocycles. The molecule has 2 aromatic heterocycles. The number of nitrogens with zero attached hydrogens (tertiary/aromatic N) is 3. The highest BCUT2D eigenvalue weighted by Gasteiger charge is 2.24. The second-order valence-electron chi connectivity index (χ2n) is 8.95. The van der Waals surface area contributed by atoms with Crippen molar-refractivity contribution in [1.82, 2.24) is 14.5 Å². The maximum absolute atomic E-state index is 12.7. The molecule has 0 saturated carbocycles. The van der Waals surface area contributed by atoms with Gasteiger partial charge in [0.05, 0.1) is 11.8 Å². The van der Waals surface area contributed by atoms with Gasteiger partial charge in [0.25, 0.3) is 5.88 Å². The van der Waals surface area contributed by atoms with Crippen LogP contribution in [0.4, 0.5) is 0 Å². The lowest BCUT2D eigenvalue weighted by atomic mass is 9.97. The highest BCUT2D eigenvalue weighted by molar-refractivity contribution is 5.67. The highest BCUT2D eigenvalue weighted by Crippen LogP contribution is 2.33. The van der Waals surface area contributed by atoms with Crippen LogP contribution in [-0.4, -0.2) is 53.2 Å². The largest absolute Gasteiger partial charge is 0.491 e. The minimum absolute atomic E-state index is 0.160. The smallest absolute Gasteiger partial charge is 0.351 e. The average Bonchev–Trinajstić information content (AvgIpc) is 2.91. The number of aryl methyl sites for hydroxylation is 1. The molecule has 9 nitrogen and oxygen atoms in total. The first kappa shape index (κ1) is 21.9. The summed E-state index contributed by atoms with van der Waals surface area (Å²) in [6.07, 6.45) is 5.58. The summed E-state index contributed by atoms with van der Waals surface area (Å²) in [6, 6.07) is 11.4. The Morgan fingerprint density at radius 1 is 1.09 bits per heavy atom. The summed E-state index contributed by atoms with van der Waals surface area (Å²) < 4.78 is 30.9. The Labute approximate surface area is 202 Å². The molecule has 0 spiro atoms. The first-order valence-corrected chi connectivity index (χ1v) is 12.1. The zero-order valence-electron chi connectivity index (χ0n) is 19.4. The normalized spacial score (nSPS) is 20.5. The predicted octanol–water partition coefficient (Wildman–Crippen LogP) is 3.03. The molecule has 0 N–H and O–H groups in total. The number of pyridine rings is 1. The van der Waals surface area contributed by atoms with E-state index in [1.165, 1.54) is 6.42 Å². The van der Waals surface area contributed by atoms with Crippen LogP contribution in [0, 0.1) is 0 Å². The van der Waals surface area contributed by atoms with Gasteiger partial charge in [-0.3, -0.25) is 4.57 Å². The summed E-state index contributed by atoms with van der Waals surface area (Å²) in [6.45, 7) is 2.45. The van der Waals surface area contributed by atoms with Gasteiger partial charge in [-0.25, -0.2) is 9.78 Å². The molecule has 5 heterocycles. The van der Waals surface area contributed by atoms with E-state index in [1.807, 2.05) is 18.2 Å². The van der Waals surface area contributed by atoms with E-state index < -0.39 is 0 Å². The third-order valence-electron chi connectivity index (χ3n) is 6.51. The second kappa shape index (κ2) is 9.58. The fraction of sp³-hybridized carbons (Fsp3) is 0.423. The fourth-order valence-electron chi connectivity index (χ4n) is 4.69. The van der Waals surface area contributed by atoms with Crippen LogP contribution in [0.5, 0.6) is 23.3 Å². The number of benzene rings is 1. The molecule has 3 aliphatic rings. The molecular weight excluding hydrogens is 450 g/mol.